The second kappa shape index (κ2) is 13.0. The van der Waals surface area contributed by atoms with Gasteiger partial charge < -0.3 is 9.13 Å². The fourth-order valence-electron chi connectivity index (χ4n) is 8.84. The Morgan fingerprint density at radius 1 is 0.561 bits per heavy atom. The lowest BCUT2D eigenvalue weighted by atomic mass is 9.84. The second-order valence-electron chi connectivity index (χ2n) is 14.9. The number of alkyl halides is 3. The maximum atomic E-state index is 15.2. The van der Waals surface area contributed by atoms with Gasteiger partial charge in [-0.25, -0.2) is 4.85 Å². The maximum absolute atomic E-state index is 15.2. The van der Waals surface area contributed by atoms with Crippen molar-refractivity contribution in [1.29, 1.82) is 5.26 Å². The van der Waals surface area contributed by atoms with Crippen molar-refractivity contribution in [3.8, 4) is 39.7 Å². The molecule has 0 unspecified atom stereocenters. The first kappa shape index (κ1) is 35.6. The molecule has 9 aromatic rings. The second-order valence-corrected chi connectivity index (χ2v) is 14.9. The van der Waals surface area contributed by atoms with Gasteiger partial charge in [0, 0.05) is 38.4 Å². The van der Waals surface area contributed by atoms with Gasteiger partial charge in [0.2, 0.25) is 0 Å². The van der Waals surface area contributed by atoms with Gasteiger partial charge in [-0.2, -0.15) is 18.4 Å². The fraction of sp³-hybridized carbons (Fsp3) is 0.120. The highest BCUT2D eigenvalue weighted by Gasteiger charge is 2.38. The van der Waals surface area contributed by atoms with E-state index in [0.717, 1.165) is 71.7 Å². The first-order valence-corrected chi connectivity index (χ1v) is 18.7. The highest BCUT2D eigenvalue weighted by Crippen LogP contribution is 2.47. The summed E-state index contributed by atoms with van der Waals surface area (Å²) in [5.41, 5.74) is 9.89. The normalized spacial score (nSPS) is 11.8. The third-order valence-electron chi connectivity index (χ3n) is 11.5. The number of hydrogen-bond donors (Lipinski definition) is 0. The lowest BCUT2D eigenvalue weighted by Crippen LogP contribution is -2.14. The number of halogens is 3. The minimum Gasteiger partial charge on any atom is -0.310 e. The Morgan fingerprint density at radius 2 is 1.12 bits per heavy atom. The van der Waals surface area contributed by atoms with Crippen molar-refractivity contribution < 1.29 is 13.2 Å². The minimum absolute atomic E-state index is 0.0413. The minimum atomic E-state index is -4.73. The molecule has 0 spiro atoms. The predicted octanol–water partition coefficient (Wildman–Crippen LogP) is 14.2. The lowest BCUT2D eigenvalue weighted by molar-refractivity contribution is -0.137. The molecule has 2 heterocycles. The number of aromatic nitrogens is 2. The number of hydrogen-bond acceptors (Lipinski definition) is 1. The Hall–Kier alpha value is -7.09. The Morgan fingerprint density at radius 3 is 1.68 bits per heavy atom. The monoisotopic (exact) mass is 748 g/mol. The summed E-state index contributed by atoms with van der Waals surface area (Å²) in [6.07, 6.45) is -4.73. The Labute approximate surface area is 328 Å². The van der Waals surface area contributed by atoms with Crippen LogP contribution in [0.2, 0.25) is 0 Å². The fourth-order valence-corrected chi connectivity index (χ4v) is 8.84. The van der Waals surface area contributed by atoms with Gasteiger partial charge in [0.05, 0.1) is 51.5 Å². The van der Waals surface area contributed by atoms with Crippen molar-refractivity contribution in [2.45, 2.75) is 40.8 Å². The van der Waals surface area contributed by atoms with Crippen LogP contribution in [0.4, 0.5) is 18.9 Å². The molecule has 7 heteroatoms. The topological polar surface area (TPSA) is 38.0 Å². The SMILES string of the molecule is [C-]#[N+]c1ccc(-c2cc(-c3c(C)c(C)c(C#N)c(C)c3C(F)(F)F)ccc2-n2c3ccccc3c3cc(C)ccc32)c(-n2c3ccccc3c3cc(C)ccc32)c1. The van der Waals surface area contributed by atoms with Crippen LogP contribution in [-0.2, 0) is 6.18 Å². The van der Waals surface area contributed by atoms with Crippen LogP contribution in [0, 0.1) is 52.5 Å². The van der Waals surface area contributed by atoms with E-state index in [1.165, 1.54) is 6.92 Å². The van der Waals surface area contributed by atoms with Gasteiger partial charge >= 0.3 is 6.18 Å². The Balaban J connectivity index is 1.46. The Bertz CT molecular complexity index is 3250. The third-order valence-corrected chi connectivity index (χ3v) is 11.5. The zero-order chi connectivity index (χ0) is 39.9. The average molecular weight is 749 g/mol. The number of benzene rings is 7. The summed E-state index contributed by atoms with van der Waals surface area (Å²) in [4.78, 5) is 3.84. The van der Waals surface area contributed by atoms with Crippen LogP contribution in [0.3, 0.4) is 0 Å². The summed E-state index contributed by atoms with van der Waals surface area (Å²) in [7, 11) is 0. The summed E-state index contributed by atoms with van der Waals surface area (Å²) >= 11 is 0. The molecule has 0 aliphatic carbocycles. The van der Waals surface area contributed by atoms with Gasteiger partial charge in [-0.05, 0) is 117 Å². The number of nitriles is 1. The summed E-state index contributed by atoms with van der Waals surface area (Å²) in [5, 5.41) is 14.2. The van der Waals surface area contributed by atoms with Crippen LogP contribution >= 0.6 is 0 Å². The Kier molecular flexibility index (Phi) is 8.12. The summed E-state index contributed by atoms with van der Waals surface area (Å²) in [5.74, 6) is 0. The molecule has 0 N–H and O–H groups in total. The van der Waals surface area contributed by atoms with Crippen molar-refractivity contribution in [1.82, 2.24) is 9.13 Å². The zero-order valence-corrected chi connectivity index (χ0v) is 32.0. The van der Waals surface area contributed by atoms with E-state index in [1.54, 1.807) is 26.0 Å². The highest BCUT2D eigenvalue weighted by atomic mass is 19.4. The molecule has 276 valence electrons. The van der Waals surface area contributed by atoms with Crippen LogP contribution in [0.1, 0.15) is 38.9 Å². The number of fused-ring (bicyclic) bond motifs is 6. The van der Waals surface area contributed by atoms with E-state index in [2.05, 4.69) is 88.5 Å². The average Bonchev–Trinajstić information content (AvgIpc) is 3.70. The third kappa shape index (κ3) is 5.42. The molecular formula is C50H35F3N4. The molecular weight excluding hydrogens is 714 g/mol. The van der Waals surface area contributed by atoms with Crippen molar-refractivity contribution >= 4 is 49.3 Å². The first-order valence-electron chi connectivity index (χ1n) is 18.7. The predicted molar refractivity (Wildman–Crippen MR) is 226 cm³/mol. The van der Waals surface area contributed by atoms with Crippen molar-refractivity contribution in [3.63, 3.8) is 0 Å². The van der Waals surface area contributed by atoms with Gasteiger partial charge in [0.15, 0.2) is 5.69 Å². The van der Waals surface area contributed by atoms with Crippen LogP contribution in [0.25, 0.3) is 82.1 Å². The van der Waals surface area contributed by atoms with Gasteiger partial charge in [-0.15, -0.1) is 0 Å². The molecule has 0 radical (unpaired) electrons. The highest BCUT2D eigenvalue weighted by molar-refractivity contribution is 6.12. The standard InChI is InChI=1S/C50H35F3N4/c1-28-15-20-44-38(23-28)35-11-7-9-13-42(35)56(44)46-22-17-33(48-31(4)30(3)41(27-54)32(5)49(48)50(51,52)53)25-40(46)37-19-18-34(55-6)26-47(37)57-43-14-10-8-12-36(43)39-24-29(2)16-21-45(39)57/h7-26H,1-5H3. The molecule has 0 saturated carbocycles. The van der Waals surface area contributed by atoms with E-state index >= 15 is 13.2 Å². The summed E-state index contributed by atoms with van der Waals surface area (Å²) < 4.78 is 50.1. The van der Waals surface area contributed by atoms with E-state index in [9.17, 15) is 5.26 Å². The molecule has 0 saturated heterocycles. The van der Waals surface area contributed by atoms with Crippen LogP contribution in [-0.4, -0.2) is 9.13 Å². The molecule has 0 amide bonds. The van der Waals surface area contributed by atoms with Crippen molar-refractivity contribution in [2.24, 2.45) is 0 Å². The summed E-state index contributed by atoms with van der Waals surface area (Å²) in [6, 6.07) is 42.2. The van der Waals surface area contributed by atoms with E-state index in [-0.39, 0.29) is 16.7 Å². The van der Waals surface area contributed by atoms with E-state index in [1.807, 2.05) is 54.6 Å². The maximum Gasteiger partial charge on any atom is 0.417 e. The first-order chi connectivity index (χ1) is 27.4. The molecule has 7 aromatic carbocycles. The lowest BCUT2D eigenvalue weighted by Gasteiger charge is -2.24. The molecule has 57 heavy (non-hydrogen) atoms. The molecule has 0 aliphatic rings. The van der Waals surface area contributed by atoms with E-state index < -0.39 is 11.7 Å². The number of para-hydroxylation sites is 2. The number of nitrogens with zero attached hydrogens (tertiary/aromatic N) is 4. The molecule has 0 aliphatic heterocycles. The molecule has 0 bridgehead atoms. The molecule has 4 nitrogen and oxygen atoms in total. The van der Waals surface area contributed by atoms with Gasteiger partial charge in [-0.3, -0.25) is 0 Å². The van der Waals surface area contributed by atoms with Crippen molar-refractivity contribution in [3.05, 3.63) is 172 Å². The van der Waals surface area contributed by atoms with Crippen LogP contribution < -0.4 is 0 Å². The van der Waals surface area contributed by atoms with Crippen LogP contribution in [0.5, 0.6) is 0 Å². The molecule has 2 aromatic heterocycles. The quantitative estimate of drug-likeness (QED) is 0.165. The van der Waals surface area contributed by atoms with Gasteiger partial charge in [-0.1, -0.05) is 77.9 Å². The van der Waals surface area contributed by atoms with Crippen molar-refractivity contribution in [2.75, 3.05) is 0 Å². The molecule has 0 fully saturated rings. The van der Waals surface area contributed by atoms with Gasteiger partial charge in [0.1, 0.15) is 0 Å². The molecule has 0 atom stereocenters. The number of aryl methyl sites for hydroxylation is 2. The smallest absolute Gasteiger partial charge is 0.310 e. The number of rotatable bonds is 4. The largest absolute Gasteiger partial charge is 0.417 e. The van der Waals surface area contributed by atoms with Gasteiger partial charge in [0.25, 0.3) is 0 Å². The zero-order valence-electron chi connectivity index (χ0n) is 32.0. The van der Waals surface area contributed by atoms with E-state index in [4.69, 9.17) is 6.57 Å². The van der Waals surface area contributed by atoms with E-state index in [0.29, 0.717) is 27.9 Å². The summed E-state index contributed by atoms with van der Waals surface area (Å²) in [6.45, 7) is 16.9. The molecule has 9 rings (SSSR count). The van der Waals surface area contributed by atoms with Crippen LogP contribution in [0.15, 0.2) is 121 Å².